The van der Waals surface area contributed by atoms with Gasteiger partial charge < -0.3 is 15.0 Å². The quantitative estimate of drug-likeness (QED) is 0.753. The third kappa shape index (κ3) is 5.44. The molecule has 6 heteroatoms. The normalized spacial score (nSPS) is 10.7. The van der Waals surface area contributed by atoms with Crippen molar-refractivity contribution in [1.29, 1.82) is 0 Å². The number of likely N-dealkylation sites (N-methyl/N-ethyl adjacent to an activating group) is 1. The van der Waals surface area contributed by atoms with Gasteiger partial charge in [0, 0.05) is 26.7 Å². The van der Waals surface area contributed by atoms with Gasteiger partial charge in [-0.25, -0.2) is 4.98 Å². The second-order valence-electron chi connectivity index (χ2n) is 3.90. The highest BCUT2D eigenvalue weighted by Crippen LogP contribution is 2.04. The largest absolute Gasteiger partial charge is 0.383 e. The predicted octanol–water partition coefficient (Wildman–Crippen LogP) is 1.04. The summed E-state index contributed by atoms with van der Waals surface area (Å²) in [6.07, 6.45) is 0. The highest BCUT2D eigenvalue weighted by atomic mass is 35.5. The van der Waals surface area contributed by atoms with Crippen molar-refractivity contribution in [3.05, 3.63) is 29.0 Å². The van der Waals surface area contributed by atoms with E-state index in [0.717, 1.165) is 13.1 Å². The summed E-state index contributed by atoms with van der Waals surface area (Å²) >= 11 is 5.72. The van der Waals surface area contributed by atoms with Crippen LogP contribution in [-0.2, 0) is 4.74 Å². The Morgan fingerprint density at radius 2 is 2.28 bits per heavy atom. The molecule has 0 aliphatic carbocycles. The van der Waals surface area contributed by atoms with Crippen LogP contribution in [0, 0.1) is 0 Å². The minimum atomic E-state index is -0.211. The number of hydrogen-bond donors (Lipinski definition) is 1. The lowest BCUT2D eigenvalue weighted by Gasteiger charge is -2.15. The van der Waals surface area contributed by atoms with Crippen LogP contribution in [0.5, 0.6) is 0 Å². The van der Waals surface area contributed by atoms with Crippen LogP contribution in [0.3, 0.4) is 0 Å². The van der Waals surface area contributed by atoms with Crippen LogP contribution in [0.2, 0.25) is 5.15 Å². The molecule has 1 amide bonds. The molecule has 0 fully saturated rings. The van der Waals surface area contributed by atoms with Crippen LogP contribution in [-0.4, -0.2) is 56.2 Å². The molecule has 1 aromatic heterocycles. The number of carbonyl (C=O) groups is 1. The van der Waals surface area contributed by atoms with Crippen molar-refractivity contribution in [2.45, 2.75) is 0 Å². The second-order valence-corrected chi connectivity index (χ2v) is 4.28. The molecule has 0 radical (unpaired) electrons. The number of nitrogens with zero attached hydrogens (tertiary/aromatic N) is 2. The standard InChI is InChI=1S/C12H18ClN3O2/c1-16(8-9-18-2)7-6-14-12(17)10-4-3-5-11(13)15-10/h3-5H,6-9H2,1-2H3,(H,14,17). The Balaban J connectivity index is 2.29. The van der Waals surface area contributed by atoms with Crippen molar-refractivity contribution in [3.8, 4) is 0 Å². The van der Waals surface area contributed by atoms with Gasteiger partial charge in [-0.2, -0.15) is 0 Å². The van der Waals surface area contributed by atoms with Crippen molar-refractivity contribution in [3.63, 3.8) is 0 Å². The van der Waals surface area contributed by atoms with Crippen molar-refractivity contribution < 1.29 is 9.53 Å². The number of amides is 1. The van der Waals surface area contributed by atoms with Crippen molar-refractivity contribution in [2.75, 3.05) is 40.4 Å². The zero-order chi connectivity index (χ0) is 13.4. The number of halogens is 1. The van der Waals surface area contributed by atoms with Gasteiger partial charge in [-0.05, 0) is 19.2 Å². The minimum absolute atomic E-state index is 0.211. The maximum absolute atomic E-state index is 11.7. The van der Waals surface area contributed by atoms with Gasteiger partial charge >= 0.3 is 0 Å². The Labute approximate surface area is 112 Å². The number of rotatable bonds is 7. The van der Waals surface area contributed by atoms with Gasteiger partial charge in [0.1, 0.15) is 10.8 Å². The smallest absolute Gasteiger partial charge is 0.269 e. The molecule has 1 aromatic rings. The SMILES string of the molecule is COCCN(C)CCNC(=O)c1cccc(Cl)n1. The number of ether oxygens (including phenoxy) is 1. The number of methoxy groups -OCH3 is 1. The highest BCUT2D eigenvalue weighted by Gasteiger charge is 2.07. The third-order valence-corrected chi connectivity index (χ3v) is 2.61. The first-order valence-corrected chi connectivity index (χ1v) is 6.09. The minimum Gasteiger partial charge on any atom is -0.383 e. The molecule has 0 aliphatic heterocycles. The topological polar surface area (TPSA) is 54.5 Å². The van der Waals surface area contributed by atoms with E-state index in [1.165, 1.54) is 0 Å². The summed E-state index contributed by atoms with van der Waals surface area (Å²) in [6.45, 7) is 2.84. The molecule has 1 rings (SSSR count). The molecule has 0 spiro atoms. The first kappa shape index (κ1) is 14.9. The van der Waals surface area contributed by atoms with Crippen LogP contribution in [0.25, 0.3) is 0 Å². The van der Waals surface area contributed by atoms with Gasteiger partial charge in [0.05, 0.1) is 6.61 Å². The van der Waals surface area contributed by atoms with Crippen LogP contribution in [0.4, 0.5) is 0 Å². The molecule has 0 aromatic carbocycles. The molecule has 0 unspecified atom stereocenters. The van der Waals surface area contributed by atoms with Crippen molar-refractivity contribution in [2.24, 2.45) is 0 Å². The molecule has 5 nitrogen and oxygen atoms in total. The third-order valence-electron chi connectivity index (χ3n) is 2.40. The van der Waals surface area contributed by atoms with E-state index in [-0.39, 0.29) is 5.91 Å². The van der Waals surface area contributed by atoms with E-state index in [1.54, 1.807) is 25.3 Å². The van der Waals surface area contributed by atoms with Crippen LogP contribution >= 0.6 is 11.6 Å². The number of pyridine rings is 1. The zero-order valence-electron chi connectivity index (χ0n) is 10.6. The van der Waals surface area contributed by atoms with E-state index in [9.17, 15) is 4.79 Å². The Hall–Kier alpha value is -1.17. The van der Waals surface area contributed by atoms with E-state index >= 15 is 0 Å². The number of aromatic nitrogens is 1. The maximum Gasteiger partial charge on any atom is 0.269 e. The molecular weight excluding hydrogens is 254 g/mol. The van der Waals surface area contributed by atoms with Gasteiger partial charge in [0.15, 0.2) is 0 Å². The molecule has 18 heavy (non-hydrogen) atoms. The lowest BCUT2D eigenvalue weighted by atomic mass is 10.3. The summed E-state index contributed by atoms with van der Waals surface area (Å²) in [6, 6.07) is 4.97. The van der Waals surface area contributed by atoms with E-state index in [4.69, 9.17) is 16.3 Å². The Morgan fingerprint density at radius 1 is 1.50 bits per heavy atom. The summed E-state index contributed by atoms with van der Waals surface area (Å²) in [5, 5.41) is 3.11. The zero-order valence-corrected chi connectivity index (χ0v) is 11.4. The average molecular weight is 272 g/mol. The fourth-order valence-electron chi connectivity index (χ4n) is 1.34. The average Bonchev–Trinajstić information content (AvgIpc) is 2.36. The van der Waals surface area contributed by atoms with E-state index in [1.807, 2.05) is 7.05 Å². The number of hydrogen-bond acceptors (Lipinski definition) is 4. The first-order chi connectivity index (χ1) is 8.63. The number of nitrogens with one attached hydrogen (secondary N) is 1. The predicted molar refractivity (Wildman–Crippen MR) is 71.0 cm³/mol. The van der Waals surface area contributed by atoms with E-state index in [0.29, 0.717) is 24.0 Å². The number of carbonyl (C=O) groups excluding carboxylic acids is 1. The molecule has 0 saturated heterocycles. The molecule has 100 valence electrons. The van der Waals surface area contributed by atoms with E-state index in [2.05, 4.69) is 15.2 Å². The van der Waals surface area contributed by atoms with Crippen LogP contribution in [0.1, 0.15) is 10.5 Å². The summed E-state index contributed by atoms with van der Waals surface area (Å²) in [5.41, 5.74) is 0.335. The van der Waals surface area contributed by atoms with Crippen molar-refractivity contribution in [1.82, 2.24) is 15.2 Å². The highest BCUT2D eigenvalue weighted by molar-refractivity contribution is 6.29. The Morgan fingerprint density at radius 3 is 2.94 bits per heavy atom. The lowest BCUT2D eigenvalue weighted by Crippen LogP contribution is -2.34. The second kappa shape index (κ2) is 8.02. The molecule has 1 heterocycles. The summed E-state index contributed by atoms with van der Waals surface area (Å²) in [4.78, 5) is 17.7. The van der Waals surface area contributed by atoms with E-state index < -0.39 is 0 Å². The molecule has 0 bridgehead atoms. The summed E-state index contributed by atoms with van der Waals surface area (Å²) < 4.78 is 4.97. The van der Waals surface area contributed by atoms with Gasteiger partial charge in [-0.1, -0.05) is 17.7 Å². The fraction of sp³-hybridized carbons (Fsp3) is 0.500. The molecular formula is C12H18ClN3O2. The molecule has 0 atom stereocenters. The molecule has 0 saturated carbocycles. The summed E-state index contributed by atoms with van der Waals surface area (Å²) in [5.74, 6) is -0.211. The fourth-order valence-corrected chi connectivity index (χ4v) is 1.51. The Bertz CT molecular complexity index is 387. The van der Waals surface area contributed by atoms with Crippen LogP contribution in [0.15, 0.2) is 18.2 Å². The monoisotopic (exact) mass is 271 g/mol. The van der Waals surface area contributed by atoms with Crippen molar-refractivity contribution >= 4 is 17.5 Å². The maximum atomic E-state index is 11.7. The summed E-state index contributed by atoms with van der Waals surface area (Å²) in [7, 11) is 3.64. The van der Waals surface area contributed by atoms with Gasteiger partial charge in [0.2, 0.25) is 0 Å². The first-order valence-electron chi connectivity index (χ1n) is 5.71. The van der Waals surface area contributed by atoms with Gasteiger partial charge in [-0.3, -0.25) is 4.79 Å². The lowest BCUT2D eigenvalue weighted by molar-refractivity contribution is 0.0942. The van der Waals surface area contributed by atoms with Gasteiger partial charge in [0.25, 0.3) is 5.91 Å². The van der Waals surface area contributed by atoms with Gasteiger partial charge in [-0.15, -0.1) is 0 Å². The molecule has 1 N–H and O–H groups in total. The molecule has 0 aliphatic rings. The Kier molecular flexibility index (Phi) is 6.64. The van der Waals surface area contributed by atoms with Crippen LogP contribution < -0.4 is 5.32 Å².